The van der Waals surface area contributed by atoms with Gasteiger partial charge in [-0.25, -0.2) is 17.6 Å². The molecule has 0 atom stereocenters. The number of ether oxygens (including phenoxy) is 3. The number of anilines is 1. The van der Waals surface area contributed by atoms with E-state index < -0.39 is 22.0 Å². The highest BCUT2D eigenvalue weighted by Gasteiger charge is 2.23. The first-order chi connectivity index (χ1) is 15.7. The zero-order valence-electron chi connectivity index (χ0n) is 17.4. The molecular formula is C22H17FN2O6S2. The van der Waals surface area contributed by atoms with Gasteiger partial charge in [-0.15, -0.1) is 11.3 Å². The average Bonchev–Trinajstić information content (AvgIpc) is 3.24. The van der Waals surface area contributed by atoms with Crippen LogP contribution in [-0.2, 0) is 14.8 Å². The summed E-state index contributed by atoms with van der Waals surface area (Å²) in [7, 11) is -2.90. The van der Waals surface area contributed by atoms with Crippen LogP contribution in [0.5, 0.6) is 16.6 Å². The van der Waals surface area contributed by atoms with Gasteiger partial charge in [0.1, 0.15) is 22.2 Å². The molecule has 0 saturated carbocycles. The molecule has 0 radical (unpaired) electrons. The predicted molar refractivity (Wildman–Crippen MR) is 121 cm³/mol. The van der Waals surface area contributed by atoms with E-state index in [1.54, 1.807) is 31.2 Å². The number of methoxy groups -OCH3 is 1. The van der Waals surface area contributed by atoms with E-state index in [0.717, 1.165) is 18.4 Å². The van der Waals surface area contributed by atoms with Gasteiger partial charge in [-0.3, -0.25) is 9.71 Å². The number of aromatic nitrogens is 1. The number of pyridine rings is 1. The average molecular weight is 489 g/mol. The lowest BCUT2D eigenvalue weighted by Crippen LogP contribution is -2.15. The topological polar surface area (TPSA) is 104 Å². The van der Waals surface area contributed by atoms with Crippen LogP contribution in [0.15, 0.2) is 64.9 Å². The molecule has 2 heterocycles. The molecule has 0 aliphatic rings. The minimum atomic E-state index is -4.03. The smallest absolute Gasteiger partial charge is 0.457 e. The van der Waals surface area contributed by atoms with Crippen molar-refractivity contribution in [3.63, 3.8) is 0 Å². The molecule has 0 fully saturated rings. The Bertz CT molecular complexity index is 1440. The minimum absolute atomic E-state index is 0.110. The fourth-order valence-corrected chi connectivity index (χ4v) is 5.23. The Morgan fingerprint density at radius 1 is 1.09 bits per heavy atom. The third-order valence-corrected chi connectivity index (χ3v) is 6.75. The van der Waals surface area contributed by atoms with Crippen LogP contribution < -0.4 is 14.2 Å². The fraction of sp³-hybridized carbons (Fsp3) is 0.0909. The van der Waals surface area contributed by atoms with E-state index >= 15 is 0 Å². The molecule has 4 rings (SSSR count). The van der Waals surface area contributed by atoms with Crippen molar-refractivity contribution in [1.29, 1.82) is 0 Å². The molecule has 8 nitrogen and oxygen atoms in total. The summed E-state index contributed by atoms with van der Waals surface area (Å²) in [4.78, 5) is 15.5. The molecule has 0 aliphatic carbocycles. The van der Waals surface area contributed by atoms with E-state index in [1.165, 1.54) is 35.7 Å². The molecule has 33 heavy (non-hydrogen) atoms. The molecule has 0 unspecified atom stereocenters. The number of nitrogens with zero attached hydrogens (tertiary/aromatic N) is 1. The van der Waals surface area contributed by atoms with Gasteiger partial charge in [0.05, 0.1) is 12.6 Å². The zero-order valence-corrected chi connectivity index (χ0v) is 19.0. The molecule has 1 N–H and O–H groups in total. The Morgan fingerprint density at radius 2 is 1.85 bits per heavy atom. The Morgan fingerprint density at radius 3 is 2.58 bits per heavy atom. The molecule has 2 aromatic heterocycles. The Balaban J connectivity index is 1.54. The van der Waals surface area contributed by atoms with Gasteiger partial charge in [0, 0.05) is 22.8 Å². The number of aryl methyl sites for hydroxylation is 1. The Kier molecular flexibility index (Phi) is 6.16. The maximum Gasteiger partial charge on any atom is 0.514 e. The van der Waals surface area contributed by atoms with Gasteiger partial charge in [0.25, 0.3) is 10.0 Å². The molecule has 0 bridgehead atoms. The van der Waals surface area contributed by atoms with Gasteiger partial charge in [-0.2, -0.15) is 0 Å². The standard InChI is InChI=1S/C22H17FN2O6S2/c1-13-11-19(17-12-14(23)3-8-18(17)24-13)30-16-6-4-15(5-7-16)25-33(27,28)20-9-10-32-21(20)31-22(26)29-2/h3-12,25H,1-2H3. The molecule has 4 aromatic rings. The number of fused-ring (bicyclic) bond motifs is 1. The summed E-state index contributed by atoms with van der Waals surface area (Å²) in [6.45, 7) is 1.80. The van der Waals surface area contributed by atoms with Crippen molar-refractivity contribution in [1.82, 2.24) is 4.98 Å². The maximum absolute atomic E-state index is 13.7. The van der Waals surface area contributed by atoms with E-state index in [9.17, 15) is 17.6 Å². The second kappa shape index (κ2) is 9.04. The number of rotatable bonds is 6. The first-order valence-corrected chi connectivity index (χ1v) is 11.8. The number of thiophene rings is 1. The number of sulfonamides is 1. The molecule has 2 aromatic carbocycles. The predicted octanol–water partition coefficient (Wildman–Crippen LogP) is 5.48. The first kappa shape index (κ1) is 22.5. The van der Waals surface area contributed by atoms with Gasteiger partial charge < -0.3 is 14.2 Å². The third kappa shape index (κ3) is 5.04. The lowest BCUT2D eigenvalue weighted by atomic mass is 10.2. The highest BCUT2D eigenvalue weighted by molar-refractivity contribution is 7.93. The van der Waals surface area contributed by atoms with Gasteiger partial charge in [-0.1, -0.05) is 0 Å². The molecule has 0 aliphatic heterocycles. The summed E-state index contributed by atoms with van der Waals surface area (Å²) in [5, 5.41) is 1.88. The summed E-state index contributed by atoms with van der Waals surface area (Å²) < 4.78 is 56.8. The summed E-state index contributed by atoms with van der Waals surface area (Å²) in [5.74, 6) is 0.430. The van der Waals surface area contributed by atoms with Crippen LogP contribution in [0, 0.1) is 12.7 Å². The van der Waals surface area contributed by atoms with Crippen molar-refractivity contribution in [2.75, 3.05) is 11.8 Å². The van der Waals surface area contributed by atoms with Crippen LogP contribution in [0.4, 0.5) is 14.9 Å². The minimum Gasteiger partial charge on any atom is -0.457 e. The number of halogens is 1. The van der Waals surface area contributed by atoms with E-state index in [2.05, 4.69) is 14.4 Å². The molecule has 0 spiro atoms. The highest BCUT2D eigenvalue weighted by Crippen LogP contribution is 2.33. The molecule has 0 amide bonds. The summed E-state index contributed by atoms with van der Waals surface area (Å²) in [5.41, 5.74) is 1.56. The van der Waals surface area contributed by atoms with Crippen molar-refractivity contribution < 1.29 is 31.8 Å². The lowest BCUT2D eigenvalue weighted by Gasteiger charge is -2.12. The second-order valence-corrected chi connectivity index (χ2v) is 9.31. The quantitative estimate of drug-likeness (QED) is 0.358. The van der Waals surface area contributed by atoms with Crippen molar-refractivity contribution in [2.24, 2.45) is 0 Å². The van der Waals surface area contributed by atoms with Crippen LogP contribution in [0.1, 0.15) is 5.69 Å². The summed E-state index contributed by atoms with van der Waals surface area (Å²) in [6.07, 6.45) is -1.02. The largest absolute Gasteiger partial charge is 0.514 e. The number of carbonyl (C=O) groups excluding carboxylic acids is 1. The SMILES string of the molecule is COC(=O)Oc1sccc1S(=O)(=O)Nc1ccc(Oc2cc(C)nc3ccc(F)cc23)cc1. The van der Waals surface area contributed by atoms with E-state index in [4.69, 9.17) is 9.47 Å². The summed E-state index contributed by atoms with van der Waals surface area (Å²) >= 11 is 0.943. The van der Waals surface area contributed by atoms with Crippen LogP contribution in [0.2, 0.25) is 0 Å². The van der Waals surface area contributed by atoms with Crippen molar-refractivity contribution in [3.05, 3.63) is 71.5 Å². The maximum atomic E-state index is 13.7. The second-order valence-electron chi connectivity index (χ2n) is 6.78. The number of nitrogens with one attached hydrogen (secondary N) is 1. The van der Waals surface area contributed by atoms with Crippen molar-refractivity contribution in [3.8, 4) is 16.6 Å². The molecule has 11 heteroatoms. The van der Waals surface area contributed by atoms with Gasteiger partial charge >= 0.3 is 6.16 Å². The van der Waals surface area contributed by atoms with Gasteiger partial charge in [-0.05, 0) is 60.8 Å². The number of hydrogen-bond donors (Lipinski definition) is 1. The zero-order chi connectivity index (χ0) is 23.6. The van der Waals surface area contributed by atoms with Crippen LogP contribution >= 0.6 is 11.3 Å². The Hall–Kier alpha value is -3.70. The third-order valence-electron chi connectivity index (χ3n) is 4.42. The lowest BCUT2D eigenvalue weighted by molar-refractivity contribution is 0.122. The van der Waals surface area contributed by atoms with Crippen LogP contribution in [-0.4, -0.2) is 26.7 Å². The van der Waals surface area contributed by atoms with E-state index in [0.29, 0.717) is 28.1 Å². The highest BCUT2D eigenvalue weighted by atomic mass is 32.2. The molecule has 170 valence electrons. The number of benzene rings is 2. The van der Waals surface area contributed by atoms with E-state index in [1.807, 2.05) is 0 Å². The van der Waals surface area contributed by atoms with Gasteiger partial charge in [0.2, 0.25) is 5.06 Å². The number of hydrogen-bond acceptors (Lipinski definition) is 8. The van der Waals surface area contributed by atoms with Crippen LogP contribution in [0.25, 0.3) is 10.9 Å². The molecule has 0 saturated heterocycles. The summed E-state index contributed by atoms with van der Waals surface area (Å²) in [6, 6.07) is 13.4. The first-order valence-electron chi connectivity index (χ1n) is 9.46. The van der Waals surface area contributed by atoms with Crippen molar-refractivity contribution >= 4 is 44.1 Å². The van der Waals surface area contributed by atoms with Crippen molar-refractivity contribution in [2.45, 2.75) is 11.8 Å². The van der Waals surface area contributed by atoms with E-state index in [-0.39, 0.29) is 15.6 Å². The monoisotopic (exact) mass is 488 g/mol. The Labute approximate surface area is 192 Å². The number of carbonyl (C=O) groups is 1. The van der Waals surface area contributed by atoms with Gasteiger partial charge in [0.15, 0.2) is 0 Å². The van der Waals surface area contributed by atoms with Crippen LogP contribution in [0.3, 0.4) is 0 Å². The normalized spacial score (nSPS) is 11.2. The molecular weight excluding hydrogens is 471 g/mol. The fourth-order valence-electron chi connectivity index (χ4n) is 2.98.